The molecule has 0 fully saturated rings. The molecule has 0 unspecified atom stereocenters. The second-order valence-electron chi connectivity index (χ2n) is 3.34. The number of nitrogens with one attached hydrogen (secondary N) is 1. The van der Waals surface area contributed by atoms with Crippen molar-refractivity contribution in [2.45, 2.75) is 13.3 Å². The first-order valence-electron chi connectivity index (χ1n) is 4.88. The van der Waals surface area contributed by atoms with E-state index in [-0.39, 0.29) is 0 Å². The Morgan fingerprint density at radius 2 is 2.33 bits per heavy atom. The van der Waals surface area contributed by atoms with Crippen LogP contribution in [0, 0.1) is 6.92 Å². The van der Waals surface area contributed by atoms with Crippen LogP contribution < -0.4 is 5.32 Å². The van der Waals surface area contributed by atoms with Gasteiger partial charge in [0.25, 0.3) is 0 Å². The molecule has 0 aromatic carbocycles. The van der Waals surface area contributed by atoms with Crippen LogP contribution in [0.3, 0.4) is 0 Å². The van der Waals surface area contributed by atoms with Crippen LogP contribution in [0.2, 0.25) is 0 Å². The Morgan fingerprint density at radius 3 is 3.07 bits per heavy atom. The van der Waals surface area contributed by atoms with Gasteiger partial charge in [-0.25, -0.2) is 4.98 Å². The van der Waals surface area contributed by atoms with E-state index >= 15 is 0 Å². The molecule has 0 radical (unpaired) electrons. The van der Waals surface area contributed by atoms with Crippen LogP contribution in [-0.2, 0) is 6.42 Å². The Kier molecular flexibility index (Phi) is 3.29. The van der Waals surface area contributed by atoms with Gasteiger partial charge in [-0.1, -0.05) is 0 Å². The van der Waals surface area contributed by atoms with Gasteiger partial charge in [-0.15, -0.1) is 11.3 Å². The molecule has 2 heterocycles. The molecular formula is C11H13N3S. The van der Waals surface area contributed by atoms with E-state index in [4.69, 9.17) is 0 Å². The summed E-state index contributed by atoms with van der Waals surface area (Å²) in [6.45, 7) is 2.90. The predicted octanol–water partition coefficient (Wildman–Crippen LogP) is 2.50. The summed E-state index contributed by atoms with van der Waals surface area (Å²) in [6, 6.07) is 4.02. The molecule has 0 amide bonds. The summed E-state index contributed by atoms with van der Waals surface area (Å²) >= 11 is 1.64. The number of hydrogen-bond acceptors (Lipinski definition) is 4. The molecule has 2 rings (SSSR count). The Bertz CT molecular complexity index is 412. The molecule has 4 heteroatoms. The maximum absolute atomic E-state index is 4.23. The number of aryl methyl sites for hydroxylation is 1. The molecule has 2 aromatic heterocycles. The van der Waals surface area contributed by atoms with Crippen molar-refractivity contribution in [3.63, 3.8) is 0 Å². The van der Waals surface area contributed by atoms with Crippen molar-refractivity contribution in [3.05, 3.63) is 40.6 Å². The number of pyridine rings is 1. The number of aromatic nitrogens is 2. The van der Waals surface area contributed by atoms with Gasteiger partial charge in [0.2, 0.25) is 0 Å². The average molecular weight is 219 g/mol. The number of anilines is 1. The zero-order chi connectivity index (χ0) is 10.5. The van der Waals surface area contributed by atoms with E-state index < -0.39 is 0 Å². The highest BCUT2D eigenvalue weighted by molar-refractivity contribution is 7.07. The molecule has 0 aliphatic carbocycles. The SMILES string of the molecule is Cc1cc(NCCc2cscn2)ccn1. The van der Waals surface area contributed by atoms with Crippen LogP contribution in [0.1, 0.15) is 11.4 Å². The molecule has 1 N–H and O–H groups in total. The maximum Gasteiger partial charge on any atom is 0.0794 e. The van der Waals surface area contributed by atoms with Gasteiger partial charge in [0.05, 0.1) is 11.2 Å². The minimum absolute atomic E-state index is 0.910. The highest BCUT2D eigenvalue weighted by Crippen LogP contribution is 2.07. The predicted molar refractivity (Wildman–Crippen MR) is 63.3 cm³/mol. The minimum atomic E-state index is 0.910. The van der Waals surface area contributed by atoms with Gasteiger partial charge in [0, 0.05) is 35.9 Å². The Labute approximate surface area is 93.2 Å². The van der Waals surface area contributed by atoms with Crippen LogP contribution in [0.25, 0.3) is 0 Å². The third-order valence-electron chi connectivity index (χ3n) is 2.09. The molecule has 0 spiro atoms. The van der Waals surface area contributed by atoms with Crippen molar-refractivity contribution in [3.8, 4) is 0 Å². The van der Waals surface area contributed by atoms with Crippen molar-refractivity contribution in [1.82, 2.24) is 9.97 Å². The monoisotopic (exact) mass is 219 g/mol. The second-order valence-corrected chi connectivity index (χ2v) is 4.06. The van der Waals surface area contributed by atoms with Gasteiger partial charge in [-0.2, -0.15) is 0 Å². The van der Waals surface area contributed by atoms with Gasteiger partial charge in [-0.05, 0) is 19.1 Å². The normalized spacial score (nSPS) is 10.2. The fourth-order valence-corrected chi connectivity index (χ4v) is 1.94. The quantitative estimate of drug-likeness (QED) is 0.858. The Balaban J connectivity index is 1.83. The van der Waals surface area contributed by atoms with Crippen molar-refractivity contribution in [2.75, 3.05) is 11.9 Å². The Morgan fingerprint density at radius 1 is 1.40 bits per heavy atom. The molecule has 2 aromatic rings. The summed E-state index contributed by atoms with van der Waals surface area (Å²) in [5, 5.41) is 5.43. The lowest BCUT2D eigenvalue weighted by Gasteiger charge is -2.05. The fraction of sp³-hybridized carbons (Fsp3) is 0.273. The smallest absolute Gasteiger partial charge is 0.0794 e. The zero-order valence-electron chi connectivity index (χ0n) is 8.60. The van der Waals surface area contributed by atoms with Crippen LogP contribution >= 0.6 is 11.3 Å². The lowest BCUT2D eigenvalue weighted by atomic mass is 10.3. The number of thiazole rings is 1. The molecule has 3 nitrogen and oxygen atoms in total. The van der Waals surface area contributed by atoms with Gasteiger partial charge in [-0.3, -0.25) is 4.98 Å². The van der Waals surface area contributed by atoms with Crippen molar-refractivity contribution < 1.29 is 0 Å². The minimum Gasteiger partial charge on any atom is -0.385 e. The molecule has 0 saturated carbocycles. The first-order valence-corrected chi connectivity index (χ1v) is 5.82. The number of hydrogen-bond donors (Lipinski definition) is 1. The summed E-state index contributed by atoms with van der Waals surface area (Å²) in [4.78, 5) is 8.38. The van der Waals surface area contributed by atoms with E-state index in [2.05, 4.69) is 20.7 Å². The van der Waals surface area contributed by atoms with E-state index in [0.717, 1.165) is 30.0 Å². The second kappa shape index (κ2) is 4.89. The van der Waals surface area contributed by atoms with Crippen LogP contribution in [-0.4, -0.2) is 16.5 Å². The van der Waals surface area contributed by atoms with Crippen LogP contribution in [0.15, 0.2) is 29.2 Å². The van der Waals surface area contributed by atoms with Gasteiger partial charge in [0.1, 0.15) is 0 Å². The molecule has 0 aliphatic heterocycles. The highest BCUT2D eigenvalue weighted by atomic mass is 32.1. The van der Waals surface area contributed by atoms with E-state index in [0.29, 0.717) is 0 Å². The Hall–Kier alpha value is -1.42. The first kappa shape index (κ1) is 10.1. The molecular weight excluding hydrogens is 206 g/mol. The lowest BCUT2D eigenvalue weighted by molar-refractivity contribution is 0.975. The van der Waals surface area contributed by atoms with Gasteiger partial charge >= 0.3 is 0 Å². The summed E-state index contributed by atoms with van der Waals surface area (Å²) in [6.07, 6.45) is 2.78. The zero-order valence-corrected chi connectivity index (χ0v) is 9.42. The first-order chi connectivity index (χ1) is 7.34. The third-order valence-corrected chi connectivity index (χ3v) is 2.73. The standard InChI is InChI=1S/C11H13N3S/c1-9-6-10(2-4-12-9)13-5-3-11-7-15-8-14-11/h2,4,6-8H,3,5H2,1H3,(H,12,13). The molecule has 15 heavy (non-hydrogen) atoms. The molecule has 0 atom stereocenters. The van der Waals surface area contributed by atoms with Crippen molar-refractivity contribution >= 4 is 17.0 Å². The summed E-state index contributed by atoms with van der Waals surface area (Å²) in [7, 11) is 0. The molecule has 0 aliphatic rings. The average Bonchev–Trinajstić information content (AvgIpc) is 2.71. The van der Waals surface area contributed by atoms with Crippen molar-refractivity contribution in [2.24, 2.45) is 0 Å². The fourth-order valence-electron chi connectivity index (χ4n) is 1.35. The van der Waals surface area contributed by atoms with Gasteiger partial charge in [0.15, 0.2) is 0 Å². The van der Waals surface area contributed by atoms with Crippen LogP contribution in [0.5, 0.6) is 0 Å². The molecule has 0 bridgehead atoms. The summed E-state index contributed by atoms with van der Waals surface area (Å²) in [5.74, 6) is 0. The number of rotatable bonds is 4. The molecule has 0 saturated heterocycles. The van der Waals surface area contributed by atoms with E-state index in [1.807, 2.05) is 30.8 Å². The topological polar surface area (TPSA) is 37.8 Å². The van der Waals surface area contributed by atoms with Gasteiger partial charge < -0.3 is 5.32 Å². The summed E-state index contributed by atoms with van der Waals surface area (Å²) in [5.41, 5.74) is 5.18. The third kappa shape index (κ3) is 3.02. The number of nitrogens with zero attached hydrogens (tertiary/aromatic N) is 2. The molecule has 78 valence electrons. The van der Waals surface area contributed by atoms with E-state index in [9.17, 15) is 0 Å². The highest BCUT2D eigenvalue weighted by Gasteiger charge is 1.95. The summed E-state index contributed by atoms with van der Waals surface area (Å²) < 4.78 is 0. The van der Waals surface area contributed by atoms with Crippen LogP contribution in [0.4, 0.5) is 5.69 Å². The van der Waals surface area contributed by atoms with E-state index in [1.165, 1.54) is 0 Å². The lowest BCUT2D eigenvalue weighted by Crippen LogP contribution is -2.05. The largest absolute Gasteiger partial charge is 0.385 e. The maximum atomic E-state index is 4.23. The van der Waals surface area contributed by atoms with E-state index in [1.54, 1.807) is 11.3 Å². The van der Waals surface area contributed by atoms with Crippen molar-refractivity contribution in [1.29, 1.82) is 0 Å².